The second-order valence-corrected chi connectivity index (χ2v) is 6.08. The summed E-state index contributed by atoms with van der Waals surface area (Å²) in [6.07, 6.45) is 1.97. The number of primary amides is 1. The first-order valence-corrected chi connectivity index (χ1v) is 8.03. The minimum Gasteiger partial charge on any atom is -0.352 e. The fourth-order valence-electron chi connectivity index (χ4n) is 3.24. The van der Waals surface area contributed by atoms with E-state index in [0.717, 1.165) is 18.4 Å². The van der Waals surface area contributed by atoms with Crippen molar-refractivity contribution in [2.24, 2.45) is 5.73 Å². The van der Waals surface area contributed by atoms with Gasteiger partial charge in [0.2, 0.25) is 0 Å². The maximum atomic E-state index is 12.8. The van der Waals surface area contributed by atoms with Crippen molar-refractivity contribution in [2.45, 2.75) is 25.4 Å². The maximum Gasteiger partial charge on any atom is 0.312 e. The molecule has 0 aromatic heterocycles. The van der Waals surface area contributed by atoms with Gasteiger partial charge in [-0.25, -0.2) is 4.79 Å². The molecule has 1 unspecified atom stereocenters. The first kappa shape index (κ1) is 16.1. The number of nitrogens with two attached hydrogens (primary N) is 1. The SMILES string of the molecule is CN(C(=O)c1ccc(CNC(N)=O)cc1)C1CCc2ccccc21. The van der Waals surface area contributed by atoms with Gasteiger partial charge in [0.15, 0.2) is 0 Å². The van der Waals surface area contributed by atoms with Crippen LogP contribution in [0.1, 0.15) is 39.5 Å². The lowest BCUT2D eigenvalue weighted by Gasteiger charge is -2.25. The number of nitrogens with one attached hydrogen (secondary N) is 1. The molecule has 0 saturated heterocycles. The monoisotopic (exact) mass is 323 g/mol. The van der Waals surface area contributed by atoms with Crippen LogP contribution in [-0.4, -0.2) is 23.9 Å². The van der Waals surface area contributed by atoms with Crippen molar-refractivity contribution in [1.82, 2.24) is 10.2 Å². The lowest BCUT2D eigenvalue weighted by Crippen LogP contribution is -2.30. The number of nitrogens with zero attached hydrogens (tertiary/aromatic N) is 1. The Morgan fingerprint density at radius 1 is 1.17 bits per heavy atom. The summed E-state index contributed by atoms with van der Waals surface area (Å²) < 4.78 is 0. The Balaban J connectivity index is 1.71. The number of urea groups is 1. The van der Waals surface area contributed by atoms with Gasteiger partial charge in [-0.2, -0.15) is 0 Å². The van der Waals surface area contributed by atoms with E-state index in [0.29, 0.717) is 12.1 Å². The molecule has 0 spiro atoms. The molecular weight excluding hydrogens is 302 g/mol. The number of hydrogen-bond acceptors (Lipinski definition) is 2. The van der Waals surface area contributed by atoms with Crippen molar-refractivity contribution in [3.05, 3.63) is 70.8 Å². The summed E-state index contributed by atoms with van der Waals surface area (Å²) in [5, 5.41) is 2.53. The quantitative estimate of drug-likeness (QED) is 0.907. The third-order valence-electron chi connectivity index (χ3n) is 4.56. The summed E-state index contributed by atoms with van der Waals surface area (Å²) in [4.78, 5) is 25.3. The van der Waals surface area contributed by atoms with Gasteiger partial charge in [0.25, 0.3) is 5.91 Å². The predicted molar refractivity (Wildman–Crippen MR) is 92.5 cm³/mol. The second-order valence-electron chi connectivity index (χ2n) is 6.08. The third kappa shape index (κ3) is 3.25. The van der Waals surface area contributed by atoms with Gasteiger partial charge >= 0.3 is 6.03 Å². The summed E-state index contributed by atoms with van der Waals surface area (Å²) in [7, 11) is 1.86. The molecule has 2 aromatic carbocycles. The van der Waals surface area contributed by atoms with Gasteiger partial charge in [0.05, 0.1) is 6.04 Å². The van der Waals surface area contributed by atoms with Crippen LogP contribution in [0, 0.1) is 0 Å². The second kappa shape index (κ2) is 6.74. The highest BCUT2D eigenvalue weighted by Gasteiger charge is 2.28. The average molecular weight is 323 g/mol. The Labute approximate surface area is 141 Å². The molecule has 0 aliphatic heterocycles. The highest BCUT2D eigenvalue weighted by molar-refractivity contribution is 5.94. The van der Waals surface area contributed by atoms with Gasteiger partial charge < -0.3 is 16.0 Å². The van der Waals surface area contributed by atoms with Crippen LogP contribution in [0.25, 0.3) is 0 Å². The molecule has 0 saturated carbocycles. The largest absolute Gasteiger partial charge is 0.352 e. The molecule has 0 fully saturated rings. The maximum absolute atomic E-state index is 12.8. The topological polar surface area (TPSA) is 75.4 Å². The summed E-state index contributed by atoms with van der Waals surface area (Å²) in [6, 6.07) is 15.1. The predicted octanol–water partition coefficient (Wildman–Crippen LogP) is 2.61. The lowest BCUT2D eigenvalue weighted by molar-refractivity contribution is 0.0730. The van der Waals surface area contributed by atoms with E-state index in [1.54, 1.807) is 12.1 Å². The van der Waals surface area contributed by atoms with Gasteiger partial charge in [-0.1, -0.05) is 36.4 Å². The third-order valence-corrected chi connectivity index (χ3v) is 4.56. The minimum atomic E-state index is -0.560. The van der Waals surface area contributed by atoms with E-state index in [-0.39, 0.29) is 11.9 Å². The molecule has 0 bridgehead atoms. The van der Waals surface area contributed by atoms with E-state index in [1.807, 2.05) is 36.2 Å². The van der Waals surface area contributed by atoms with Crippen molar-refractivity contribution in [1.29, 1.82) is 0 Å². The zero-order valence-corrected chi connectivity index (χ0v) is 13.7. The van der Waals surface area contributed by atoms with Crippen LogP contribution in [0.4, 0.5) is 4.79 Å². The Morgan fingerprint density at radius 2 is 1.88 bits per heavy atom. The van der Waals surface area contributed by atoms with E-state index in [4.69, 9.17) is 5.73 Å². The Morgan fingerprint density at radius 3 is 2.58 bits per heavy atom. The van der Waals surface area contributed by atoms with Crippen molar-refractivity contribution in [3.8, 4) is 0 Å². The number of rotatable bonds is 4. The summed E-state index contributed by atoms with van der Waals surface area (Å²) >= 11 is 0. The Hall–Kier alpha value is -2.82. The zero-order valence-electron chi connectivity index (χ0n) is 13.7. The van der Waals surface area contributed by atoms with E-state index in [1.165, 1.54) is 11.1 Å². The van der Waals surface area contributed by atoms with Crippen LogP contribution in [0.3, 0.4) is 0 Å². The lowest BCUT2D eigenvalue weighted by atomic mass is 10.1. The van der Waals surface area contributed by atoms with Crippen LogP contribution < -0.4 is 11.1 Å². The molecule has 1 aliphatic rings. The van der Waals surface area contributed by atoms with Crippen LogP contribution in [0.2, 0.25) is 0 Å². The molecule has 5 heteroatoms. The average Bonchev–Trinajstić information content (AvgIpc) is 3.03. The standard InChI is InChI=1S/C19H21N3O2/c1-22(17-11-10-14-4-2-3-5-16(14)17)18(23)15-8-6-13(7-9-15)12-21-19(20)24/h2-9,17H,10-12H2,1H3,(H3,20,21,24). The molecule has 3 rings (SSSR count). The normalized spacial score (nSPS) is 15.6. The molecule has 1 atom stereocenters. The Kier molecular flexibility index (Phi) is 4.51. The summed E-state index contributed by atoms with van der Waals surface area (Å²) in [5.74, 6) is 0.00566. The van der Waals surface area contributed by atoms with Crippen molar-refractivity contribution in [2.75, 3.05) is 7.05 Å². The molecule has 5 nitrogen and oxygen atoms in total. The molecule has 0 heterocycles. The smallest absolute Gasteiger partial charge is 0.312 e. The zero-order chi connectivity index (χ0) is 17.1. The van der Waals surface area contributed by atoms with Gasteiger partial charge in [-0.15, -0.1) is 0 Å². The van der Waals surface area contributed by atoms with Crippen molar-refractivity contribution in [3.63, 3.8) is 0 Å². The number of benzene rings is 2. The molecule has 124 valence electrons. The minimum absolute atomic E-state index is 0.00566. The van der Waals surface area contributed by atoms with Crippen LogP contribution in [0.5, 0.6) is 0 Å². The van der Waals surface area contributed by atoms with E-state index in [2.05, 4.69) is 17.4 Å². The van der Waals surface area contributed by atoms with Crippen LogP contribution >= 0.6 is 0 Å². The van der Waals surface area contributed by atoms with Gasteiger partial charge in [-0.05, 0) is 41.7 Å². The highest BCUT2D eigenvalue weighted by Crippen LogP contribution is 2.35. The number of fused-ring (bicyclic) bond motifs is 1. The van der Waals surface area contributed by atoms with Crippen LogP contribution in [-0.2, 0) is 13.0 Å². The fraction of sp³-hybridized carbons (Fsp3) is 0.263. The number of hydrogen-bond donors (Lipinski definition) is 2. The molecule has 0 radical (unpaired) electrons. The van der Waals surface area contributed by atoms with E-state index in [9.17, 15) is 9.59 Å². The number of carbonyl (C=O) groups excluding carboxylic acids is 2. The summed E-state index contributed by atoms with van der Waals surface area (Å²) in [5.41, 5.74) is 9.18. The fourth-order valence-corrected chi connectivity index (χ4v) is 3.24. The van der Waals surface area contributed by atoms with E-state index < -0.39 is 6.03 Å². The number of carbonyl (C=O) groups is 2. The first-order chi connectivity index (χ1) is 11.6. The number of amides is 3. The molecule has 24 heavy (non-hydrogen) atoms. The van der Waals surface area contributed by atoms with Gasteiger partial charge in [0, 0.05) is 19.2 Å². The van der Waals surface area contributed by atoms with E-state index >= 15 is 0 Å². The molecular formula is C19H21N3O2. The van der Waals surface area contributed by atoms with Crippen molar-refractivity contribution >= 4 is 11.9 Å². The van der Waals surface area contributed by atoms with Crippen LogP contribution in [0.15, 0.2) is 48.5 Å². The highest BCUT2D eigenvalue weighted by atomic mass is 16.2. The summed E-state index contributed by atoms with van der Waals surface area (Å²) in [6.45, 7) is 0.357. The Bertz CT molecular complexity index is 755. The van der Waals surface area contributed by atoms with Gasteiger partial charge in [0.1, 0.15) is 0 Å². The first-order valence-electron chi connectivity index (χ1n) is 8.03. The molecule has 1 aliphatic carbocycles. The number of aryl methyl sites for hydroxylation is 1. The molecule has 3 amide bonds. The van der Waals surface area contributed by atoms with Gasteiger partial charge in [-0.3, -0.25) is 4.79 Å². The molecule has 3 N–H and O–H groups in total. The molecule has 2 aromatic rings. The van der Waals surface area contributed by atoms with Crippen molar-refractivity contribution < 1.29 is 9.59 Å².